The Bertz CT molecular complexity index is 954. The van der Waals surface area contributed by atoms with Crippen LogP contribution in [-0.4, -0.2) is 6.04 Å². The van der Waals surface area contributed by atoms with E-state index in [9.17, 15) is 0 Å². The van der Waals surface area contributed by atoms with Crippen molar-refractivity contribution in [3.05, 3.63) is 71.3 Å². The summed E-state index contributed by atoms with van der Waals surface area (Å²) >= 11 is 0. The molecule has 2 heterocycles. The molecule has 2 aliphatic heterocycles. The summed E-state index contributed by atoms with van der Waals surface area (Å²) in [5.74, 6) is 1.72. The third kappa shape index (κ3) is 1.46. The average Bonchev–Trinajstić information content (AvgIpc) is 2.92. The number of benzene rings is 2. The first-order chi connectivity index (χ1) is 10.4. The molecule has 0 fully saturated rings. The van der Waals surface area contributed by atoms with E-state index in [0.717, 1.165) is 33.4 Å². The zero-order valence-corrected chi connectivity index (χ0v) is 11.2. The molecule has 1 aliphatic carbocycles. The molecular formula is C18H12N2O. The SMILES string of the molecule is C1=CC2=c3c4c(ccc3=NC2C=C1)Oc1ccccc1N4. The lowest BCUT2D eigenvalue weighted by Gasteiger charge is -2.22. The molecule has 21 heavy (non-hydrogen) atoms. The molecule has 3 nitrogen and oxygen atoms in total. The van der Waals surface area contributed by atoms with E-state index >= 15 is 0 Å². The van der Waals surface area contributed by atoms with Gasteiger partial charge in [0.25, 0.3) is 0 Å². The van der Waals surface area contributed by atoms with Gasteiger partial charge in [0.2, 0.25) is 0 Å². The number of fused-ring (bicyclic) bond motifs is 5. The monoisotopic (exact) mass is 272 g/mol. The van der Waals surface area contributed by atoms with Gasteiger partial charge in [-0.15, -0.1) is 0 Å². The molecule has 0 bridgehead atoms. The van der Waals surface area contributed by atoms with E-state index in [1.165, 1.54) is 5.57 Å². The average molecular weight is 272 g/mol. The van der Waals surface area contributed by atoms with Crippen molar-refractivity contribution in [3.8, 4) is 11.5 Å². The summed E-state index contributed by atoms with van der Waals surface area (Å²) in [7, 11) is 0. The summed E-state index contributed by atoms with van der Waals surface area (Å²) in [6, 6.07) is 12.2. The van der Waals surface area contributed by atoms with Crippen LogP contribution >= 0.6 is 0 Å². The largest absolute Gasteiger partial charge is 0.453 e. The van der Waals surface area contributed by atoms with Gasteiger partial charge in [-0.3, -0.25) is 4.99 Å². The van der Waals surface area contributed by atoms with E-state index in [4.69, 9.17) is 9.73 Å². The third-order valence-corrected chi connectivity index (χ3v) is 4.08. The molecule has 2 aromatic carbocycles. The molecule has 5 rings (SSSR count). The minimum atomic E-state index is 0.135. The van der Waals surface area contributed by atoms with Crippen molar-refractivity contribution < 1.29 is 4.74 Å². The fourth-order valence-corrected chi connectivity index (χ4v) is 3.12. The summed E-state index contributed by atoms with van der Waals surface area (Å²) in [5.41, 5.74) is 3.25. The Kier molecular flexibility index (Phi) is 2.00. The van der Waals surface area contributed by atoms with Gasteiger partial charge in [0.05, 0.1) is 22.8 Å². The predicted octanol–water partition coefficient (Wildman–Crippen LogP) is 2.81. The molecule has 0 amide bonds. The summed E-state index contributed by atoms with van der Waals surface area (Å²) < 4.78 is 6.02. The number of para-hydroxylation sites is 2. The maximum absolute atomic E-state index is 6.02. The molecule has 3 aliphatic rings. The Balaban J connectivity index is 1.81. The van der Waals surface area contributed by atoms with Gasteiger partial charge in [0, 0.05) is 5.22 Å². The van der Waals surface area contributed by atoms with Gasteiger partial charge < -0.3 is 10.1 Å². The zero-order chi connectivity index (χ0) is 13.8. The van der Waals surface area contributed by atoms with Crippen LogP contribution in [0.1, 0.15) is 0 Å². The van der Waals surface area contributed by atoms with Crippen LogP contribution in [0.5, 0.6) is 11.5 Å². The highest BCUT2D eigenvalue weighted by molar-refractivity contribution is 5.81. The number of nitrogens with zero attached hydrogens (tertiary/aromatic N) is 1. The highest BCUT2D eigenvalue weighted by Gasteiger charge is 2.24. The van der Waals surface area contributed by atoms with Crippen molar-refractivity contribution in [3.63, 3.8) is 0 Å². The van der Waals surface area contributed by atoms with Crippen molar-refractivity contribution in [1.82, 2.24) is 0 Å². The number of ether oxygens (including phenoxy) is 1. The van der Waals surface area contributed by atoms with Crippen LogP contribution in [0.4, 0.5) is 11.4 Å². The van der Waals surface area contributed by atoms with Gasteiger partial charge in [-0.2, -0.15) is 0 Å². The summed E-state index contributed by atoms with van der Waals surface area (Å²) in [6.45, 7) is 0. The first kappa shape index (κ1) is 10.9. The van der Waals surface area contributed by atoms with Crippen LogP contribution < -0.4 is 20.6 Å². The fraction of sp³-hybridized carbons (Fsp3) is 0.0556. The van der Waals surface area contributed by atoms with Gasteiger partial charge in [0.1, 0.15) is 0 Å². The molecule has 100 valence electrons. The lowest BCUT2D eigenvalue weighted by atomic mass is 10.0. The topological polar surface area (TPSA) is 33.6 Å². The molecule has 2 aromatic rings. The first-order valence-electron chi connectivity index (χ1n) is 7.04. The van der Waals surface area contributed by atoms with Gasteiger partial charge >= 0.3 is 0 Å². The van der Waals surface area contributed by atoms with E-state index in [0.29, 0.717) is 0 Å². The molecule has 0 spiro atoms. The Morgan fingerprint density at radius 2 is 1.95 bits per heavy atom. The molecule has 0 saturated heterocycles. The number of rotatable bonds is 0. The normalized spacial score (nSPS) is 19.6. The molecule has 0 saturated carbocycles. The first-order valence-corrected chi connectivity index (χ1v) is 7.04. The third-order valence-electron chi connectivity index (χ3n) is 4.08. The van der Waals surface area contributed by atoms with E-state index in [1.54, 1.807) is 0 Å². The van der Waals surface area contributed by atoms with Gasteiger partial charge in [-0.1, -0.05) is 36.4 Å². The Labute approximate surface area is 121 Å². The molecule has 0 aromatic heterocycles. The maximum Gasteiger partial charge on any atom is 0.151 e. The fourth-order valence-electron chi connectivity index (χ4n) is 3.12. The summed E-state index contributed by atoms with van der Waals surface area (Å²) in [4.78, 5) is 4.77. The summed E-state index contributed by atoms with van der Waals surface area (Å²) in [5, 5.41) is 5.70. The lowest BCUT2D eigenvalue weighted by Crippen LogP contribution is -2.28. The Morgan fingerprint density at radius 1 is 1.00 bits per heavy atom. The van der Waals surface area contributed by atoms with Crippen molar-refractivity contribution >= 4 is 16.9 Å². The van der Waals surface area contributed by atoms with Crippen molar-refractivity contribution in [2.45, 2.75) is 6.04 Å². The molecule has 1 N–H and O–H groups in total. The number of hydrogen-bond acceptors (Lipinski definition) is 3. The zero-order valence-electron chi connectivity index (χ0n) is 11.2. The lowest BCUT2D eigenvalue weighted by molar-refractivity contribution is 0.480. The van der Waals surface area contributed by atoms with Crippen LogP contribution in [0.2, 0.25) is 0 Å². The number of anilines is 2. The standard InChI is InChI=1S/C18H12N2O/c1-2-6-12-11(5-1)17-14(19-12)9-10-16-18(17)20-13-7-3-4-8-15(13)21-16/h1-10,12,20H. The smallest absolute Gasteiger partial charge is 0.151 e. The van der Waals surface area contributed by atoms with Gasteiger partial charge in [0.15, 0.2) is 11.5 Å². The molecule has 0 radical (unpaired) electrons. The number of hydrogen-bond donors (Lipinski definition) is 1. The van der Waals surface area contributed by atoms with E-state index in [-0.39, 0.29) is 6.04 Å². The molecule has 1 unspecified atom stereocenters. The van der Waals surface area contributed by atoms with E-state index in [2.05, 4.69) is 29.6 Å². The van der Waals surface area contributed by atoms with E-state index in [1.807, 2.05) is 36.4 Å². The van der Waals surface area contributed by atoms with E-state index < -0.39 is 0 Å². The van der Waals surface area contributed by atoms with Crippen LogP contribution in [-0.2, 0) is 0 Å². The van der Waals surface area contributed by atoms with Crippen LogP contribution in [0.25, 0.3) is 5.57 Å². The minimum absolute atomic E-state index is 0.135. The minimum Gasteiger partial charge on any atom is -0.453 e. The predicted molar refractivity (Wildman–Crippen MR) is 82.5 cm³/mol. The van der Waals surface area contributed by atoms with Crippen LogP contribution in [0, 0.1) is 0 Å². The summed E-state index contributed by atoms with van der Waals surface area (Å²) in [6.07, 6.45) is 8.38. The maximum atomic E-state index is 6.02. The number of nitrogens with one attached hydrogen (secondary N) is 1. The molecular weight excluding hydrogens is 260 g/mol. The second kappa shape index (κ2) is 3.85. The highest BCUT2D eigenvalue weighted by Crippen LogP contribution is 2.39. The number of allylic oxidation sites excluding steroid dienone is 2. The highest BCUT2D eigenvalue weighted by atomic mass is 16.5. The van der Waals surface area contributed by atoms with Crippen LogP contribution in [0.15, 0.2) is 65.7 Å². The van der Waals surface area contributed by atoms with Crippen molar-refractivity contribution in [2.75, 3.05) is 5.32 Å². The Hall–Kier alpha value is -2.81. The van der Waals surface area contributed by atoms with Crippen LogP contribution in [0.3, 0.4) is 0 Å². The molecule has 3 heteroatoms. The van der Waals surface area contributed by atoms with Crippen molar-refractivity contribution in [1.29, 1.82) is 0 Å². The van der Waals surface area contributed by atoms with Gasteiger partial charge in [-0.05, 0) is 29.8 Å². The Morgan fingerprint density at radius 3 is 2.95 bits per heavy atom. The molecule has 1 atom stereocenters. The quantitative estimate of drug-likeness (QED) is 0.682. The second-order valence-electron chi connectivity index (χ2n) is 5.33. The van der Waals surface area contributed by atoms with Gasteiger partial charge in [-0.25, -0.2) is 0 Å². The van der Waals surface area contributed by atoms with Crippen molar-refractivity contribution in [2.24, 2.45) is 4.99 Å². The second-order valence-corrected chi connectivity index (χ2v) is 5.33.